The van der Waals surface area contributed by atoms with Gasteiger partial charge in [0.15, 0.2) is 0 Å². The number of hydrogen-bond acceptors (Lipinski definition) is 3. The molecule has 1 fully saturated rings. The third-order valence-corrected chi connectivity index (χ3v) is 3.70. The summed E-state index contributed by atoms with van der Waals surface area (Å²) in [6.07, 6.45) is 1.83. The van der Waals surface area contributed by atoms with Gasteiger partial charge in [0.1, 0.15) is 5.75 Å². The Balaban J connectivity index is 1.76. The second-order valence-corrected chi connectivity index (χ2v) is 5.22. The van der Waals surface area contributed by atoms with Crippen LogP contribution in [0.5, 0.6) is 5.75 Å². The predicted octanol–water partition coefficient (Wildman–Crippen LogP) is 1.75. The van der Waals surface area contributed by atoms with E-state index in [1.165, 1.54) is 0 Å². The molecule has 2 atom stereocenters. The molecule has 0 radical (unpaired) electrons. The van der Waals surface area contributed by atoms with E-state index < -0.39 is 5.97 Å². The molecule has 0 aromatic heterocycles. The van der Waals surface area contributed by atoms with E-state index in [1.807, 2.05) is 24.3 Å². The molecule has 21 heavy (non-hydrogen) atoms. The van der Waals surface area contributed by atoms with Crippen LogP contribution in [0.25, 0.3) is 0 Å². The van der Waals surface area contributed by atoms with Crippen LogP contribution >= 0.6 is 0 Å². The summed E-state index contributed by atoms with van der Waals surface area (Å²) in [7, 11) is 1.60. The van der Waals surface area contributed by atoms with E-state index in [-0.39, 0.29) is 18.0 Å². The SMILES string of the molecule is COc1cccc(CNC(=O)NC2CCC(C(=O)O)C2)c1. The maximum absolute atomic E-state index is 11.8. The molecule has 0 heterocycles. The summed E-state index contributed by atoms with van der Waals surface area (Å²) in [6, 6.07) is 7.14. The number of carboxylic acid groups (broad SMARTS) is 1. The summed E-state index contributed by atoms with van der Waals surface area (Å²) in [5, 5.41) is 14.5. The van der Waals surface area contributed by atoms with Gasteiger partial charge in [-0.05, 0) is 37.0 Å². The lowest BCUT2D eigenvalue weighted by Gasteiger charge is -2.13. The minimum Gasteiger partial charge on any atom is -0.497 e. The molecule has 3 N–H and O–H groups in total. The van der Waals surface area contributed by atoms with Crippen LogP contribution in [-0.2, 0) is 11.3 Å². The summed E-state index contributed by atoms with van der Waals surface area (Å²) in [6.45, 7) is 0.401. The number of urea groups is 1. The van der Waals surface area contributed by atoms with E-state index in [9.17, 15) is 9.59 Å². The zero-order chi connectivity index (χ0) is 15.2. The molecule has 6 heteroatoms. The molecule has 1 aliphatic carbocycles. The Morgan fingerprint density at radius 2 is 2.19 bits per heavy atom. The first kappa shape index (κ1) is 15.2. The fraction of sp³-hybridized carbons (Fsp3) is 0.467. The number of aliphatic carboxylic acids is 1. The van der Waals surface area contributed by atoms with Gasteiger partial charge in [0.25, 0.3) is 0 Å². The number of methoxy groups -OCH3 is 1. The molecule has 1 aliphatic rings. The van der Waals surface area contributed by atoms with E-state index in [2.05, 4.69) is 10.6 Å². The maximum atomic E-state index is 11.8. The predicted molar refractivity (Wildman–Crippen MR) is 77.1 cm³/mol. The molecule has 1 saturated carbocycles. The van der Waals surface area contributed by atoms with E-state index in [0.717, 1.165) is 11.3 Å². The summed E-state index contributed by atoms with van der Waals surface area (Å²) in [4.78, 5) is 22.7. The molecule has 0 aliphatic heterocycles. The highest BCUT2D eigenvalue weighted by molar-refractivity contribution is 5.75. The van der Waals surface area contributed by atoms with E-state index in [0.29, 0.717) is 25.8 Å². The minimum absolute atomic E-state index is 0.0589. The van der Waals surface area contributed by atoms with Gasteiger partial charge < -0.3 is 20.5 Å². The van der Waals surface area contributed by atoms with Gasteiger partial charge in [0, 0.05) is 12.6 Å². The van der Waals surface area contributed by atoms with Crippen molar-refractivity contribution in [3.05, 3.63) is 29.8 Å². The molecule has 2 rings (SSSR count). The normalized spacial score (nSPS) is 20.8. The Bertz CT molecular complexity index is 518. The quantitative estimate of drug-likeness (QED) is 0.771. The van der Waals surface area contributed by atoms with Crippen LogP contribution in [0.15, 0.2) is 24.3 Å². The number of hydrogen-bond donors (Lipinski definition) is 3. The zero-order valence-electron chi connectivity index (χ0n) is 12.0. The lowest BCUT2D eigenvalue weighted by Crippen LogP contribution is -2.40. The average Bonchev–Trinajstić information content (AvgIpc) is 2.94. The van der Waals surface area contributed by atoms with Gasteiger partial charge in [0.2, 0.25) is 0 Å². The maximum Gasteiger partial charge on any atom is 0.315 e. The van der Waals surface area contributed by atoms with Crippen LogP contribution in [0.1, 0.15) is 24.8 Å². The highest BCUT2D eigenvalue weighted by Crippen LogP contribution is 2.25. The number of carbonyl (C=O) groups is 2. The first-order valence-corrected chi connectivity index (χ1v) is 6.98. The second-order valence-electron chi connectivity index (χ2n) is 5.22. The van der Waals surface area contributed by atoms with E-state index in [4.69, 9.17) is 9.84 Å². The Morgan fingerprint density at radius 3 is 2.86 bits per heavy atom. The second kappa shape index (κ2) is 6.97. The topological polar surface area (TPSA) is 87.7 Å². The monoisotopic (exact) mass is 292 g/mol. The number of rotatable bonds is 5. The summed E-state index contributed by atoms with van der Waals surface area (Å²) in [5.74, 6) is -0.375. The molecule has 6 nitrogen and oxygen atoms in total. The van der Waals surface area contributed by atoms with Crippen LogP contribution in [0.3, 0.4) is 0 Å². The molecule has 1 aromatic rings. The van der Waals surface area contributed by atoms with Crippen molar-refractivity contribution in [1.82, 2.24) is 10.6 Å². The Hall–Kier alpha value is -2.24. The molecule has 2 amide bonds. The Labute approximate surface area is 123 Å². The lowest BCUT2D eigenvalue weighted by atomic mass is 10.1. The lowest BCUT2D eigenvalue weighted by molar-refractivity contribution is -0.141. The van der Waals surface area contributed by atoms with E-state index >= 15 is 0 Å². The van der Waals surface area contributed by atoms with Gasteiger partial charge >= 0.3 is 12.0 Å². The van der Waals surface area contributed by atoms with Gasteiger partial charge in [0.05, 0.1) is 13.0 Å². The van der Waals surface area contributed by atoms with Crippen molar-refractivity contribution in [2.24, 2.45) is 5.92 Å². The molecular formula is C15H20N2O4. The largest absolute Gasteiger partial charge is 0.497 e. The first-order chi connectivity index (χ1) is 10.1. The van der Waals surface area contributed by atoms with Gasteiger partial charge in [-0.2, -0.15) is 0 Å². The Morgan fingerprint density at radius 1 is 1.38 bits per heavy atom. The number of ether oxygens (including phenoxy) is 1. The molecule has 0 bridgehead atoms. The van der Waals surface area contributed by atoms with Crippen molar-refractivity contribution in [1.29, 1.82) is 0 Å². The van der Waals surface area contributed by atoms with Crippen molar-refractivity contribution >= 4 is 12.0 Å². The summed E-state index contributed by atoms with van der Waals surface area (Å²) in [5.41, 5.74) is 0.944. The van der Waals surface area contributed by atoms with Gasteiger partial charge in [-0.25, -0.2) is 4.79 Å². The number of carbonyl (C=O) groups excluding carboxylic acids is 1. The van der Waals surface area contributed by atoms with Gasteiger partial charge in [-0.15, -0.1) is 0 Å². The van der Waals surface area contributed by atoms with Crippen molar-refractivity contribution in [3.8, 4) is 5.75 Å². The standard InChI is InChI=1S/C15H20N2O4/c1-21-13-4-2-3-10(7-13)9-16-15(20)17-12-6-5-11(8-12)14(18)19/h2-4,7,11-12H,5-6,8-9H2,1H3,(H,18,19)(H2,16,17,20). The van der Waals surface area contributed by atoms with Crippen molar-refractivity contribution in [2.45, 2.75) is 31.8 Å². The average molecular weight is 292 g/mol. The van der Waals surface area contributed by atoms with Crippen molar-refractivity contribution in [2.75, 3.05) is 7.11 Å². The summed E-state index contributed by atoms with van der Waals surface area (Å²) >= 11 is 0. The third kappa shape index (κ3) is 4.37. The molecule has 1 aromatic carbocycles. The van der Waals surface area contributed by atoms with Crippen LogP contribution in [-0.4, -0.2) is 30.3 Å². The fourth-order valence-corrected chi connectivity index (χ4v) is 2.54. The molecule has 2 unspecified atom stereocenters. The van der Waals surface area contributed by atoms with Gasteiger partial charge in [-0.3, -0.25) is 4.79 Å². The van der Waals surface area contributed by atoms with Crippen LogP contribution in [0, 0.1) is 5.92 Å². The number of amides is 2. The van der Waals surface area contributed by atoms with Crippen LogP contribution in [0.2, 0.25) is 0 Å². The number of benzene rings is 1. The third-order valence-electron chi connectivity index (χ3n) is 3.70. The van der Waals surface area contributed by atoms with E-state index in [1.54, 1.807) is 7.11 Å². The molecule has 0 saturated heterocycles. The zero-order valence-corrected chi connectivity index (χ0v) is 12.0. The first-order valence-electron chi connectivity index (χ1n) is 6.98. The van der Waals surface area contributed by atoms with Crippen molar-refractivity contribution in [3.63, 3.8) is 0 Å². The van der Waals surface area contributed by atoms with Gasteiger partial charge in [-0.1, -0.05) is 12.1 Å². The molecule has 114 valence electrons. The summed E-state index contributed by atoms with van der Waals surface area (Å²) < 4.78 is 5.12. The van der Waals surface area contributed by atoms with Crippen LogP contribution < -0.4 is 15.4 Å². The van der Waals surface area contributed by atoms with Crippen molar-refractivity contribution < 1.29 is 19.4 Å². The minimum atomic E-state index is -0.781. The fourth-order valence-electron chi connectivity index (χ4n) is 2.54. The Kier molecular flexibility index (Phi) is 5.03. The highest BCUT2D eigenvalue weighted by atomic mass is 16.5. The smallest absolute Gasteiger partial charge is 0.315 e. The molecule has 0 spiro atoms. The van der Waals surface area contributed by atoms with Crippen LogP contribution in [0.4, 0.5) is 4.79 Å². The number of nitrogens with one attached hydrogen (secondary N) is 2. The molecular weight excluding hydrogens is 272 g/mol. The highest BCUT2D eigenvalue weighted by Gasteiger charge is 2.30. The number of carboxylic acids is 1.